The average Bonchev–Trinajstić information content (AvgIpc) is 3.40. The summed E-state index contributed by atoms with van der Waals surface area (Å²) >= 11 is 5.84. The Kier molecular flexibility index (Phi) is 5.50. The minimum absolute atomic E-state index is 0.00123. The van der Waals surface area contributed by atoms with Crippen molar-refractivity contribution in [3.63, 3.8) is 0 Å². The molecular formula is C18H19ClN2O4S. The fourth-order valence-electron chi connectivity index (χ4n) is 2.34. The van der Waals surface area contributed by atoms with E-state index in [-0.39, 0.29) is 16.8 Å². The van der Waals surface area contributed by atoms with E-state index in [1.807, 2.05) is 6.92 Å². The molecule has 0 radical (unpaired) electrons. The molecule has 1 fully saturated rings. The molecule has 0 spiro atoms. The molecule has 0 atom stereocenters. The number of sulfonamides is 1. The van der Waals surface area contributed by atoms with Crippen molar-refractivity contribution in [2.45, 2.75) is 30.7 Å². The van der Waals surface area contributed by atoms with Crippen LogP contribution in [0.2, 0.25) is 5.02 Å². The van der Waals surface area contributed by atoms with Crippen LogP contribution in [0.1, 0.15) is 30.1 Å². The number of hydrogen-bond acceptors (Lipinski definition) is 4. The summed E-state index contributed by atoms with van der Waals surface area (Å²) < 4.78 is 33.0. The number of ether oxygens (including phenoxy) is 1. The van der Waals surface area contributed by atoms with E-state index in [4.69, 9.17) is 16.3 Å². The molecule has 2 aromatic rings. The maximum absolute atomic E-state index is 12.5. The smallest absolute Gasteiger partial charge is 0.255 e. The first-order valence-electron chi connectivity index (χ1n) is 8.25. The van der Waals surface area contributed by atoms with Gasteiger partial charge >= 0.3 is 0 Å². The molecule has 3 rings (SSSR count). The summed E-state index contributed by atoms with van der Waals surface area (Å²) in [5.41, 5.74) is 0.701. The number of carbonyl (C=O) groups excluding carboxylic acids is 1. The van der Waals surface area contributed by atoms with Crippen molar-refractivity contribution in [3.8, 4) is 5.75 Å². The zero-order valence-electron chi connectivity index (χ0n) is 14.2. The maximum atomic E-state index is 12.5. The molecule has 1 saturated carbocycles. The first-order chi connectivity index (χ1) is 12.4. The normalized spacial score (nSPS) is 14.1. The van der Waals surface area contributed by atoms with Crippen LogP contribution in [0, 0.1) is 0 Å². The Morgan fingerprint density at radius 2 is 1.88 bits per heavy atom. The Balaban J connectivity index is 1.88. The van der Waals surface area contributed by atoms with Gasteiger partial charge in [0.2, 0.25) is 10.0 Å². The van der Waals surface area contributed by atoms with Crippen molar-refractivity contribution in [3.05, 3.63) is 53.1 Å². The molecule has 1 aliphatic carbocycles. The molecule has 8 heteroatoms. The molecule has 1 amide bonds. The highest BCUT2D eigenvalue weighted by Crippen LogP contribution is 2.30. The summed E-state index contributed by atoms with van der Waals surface area (Å²) in [6, 6.07) is 10.8. The third kappa shape index (κ3) is 4.55. The van der Waals surface area contributed by atoms with Gasteiger partial charge in [-0.1, -0.05) is 11.6 Å². The first-order valence-corrected chi connectivity index (χ1v) is 10.1. The van der Waals surface area contributed by atoms with Crippen molar-refractivity contribution >= 4 is 33.2 Å². The van der Waals surface area contributed by atoms with Crippen molar-refractivity contribution in [1.82, 2.24) is 4.72 Å². The topological polar surface area (TPSA) is 84.5 Å². The predicted molar refractivity (Wildman–Crippen MR) is 100 cm³/mol. The highest BCUT2D eigenvalue weighted by molar-refractivity contribution is 7.89. The summed E-state index contributed by atoms with van der Waals surface area (Å²) in [6.07, 6.45) is 1.69. The Bertz CT molecular complexity index is 909. The largest absolute Gasteiger partial charge is 0.492 e. The van der Waals surface area contributed by atoms with Gasteiger partial charge < -0.3 is 10.1 Å². The van der Waals surface area contributed by atoms with Crippen molar-refractivity contribution in [2.24, 2.45) is 0 Å². The highest BCUT2D eigenvalue weighted by atomic mass is 35.5. The lowest BCUT2D eigenvalue weighted by molar-refractivity contribution is 0.102. The van der Waals surface area contributed by atoms with Gasteiger partial charge in [-0.2, -0.15) is 0 Å². The van der Waals surface area contributed by atoms with Crippen LogP contribution in [-0.4, -0.2) is 27.0 Å². The molecular weight excluding hydrogens is 376 g/mol. The fraction of sp³-hybridized carbons (Fsp3) is 0.278. The fourth-order valence-corrected chi connectivity index (χ4v) is 3.80. The van der Waals surface area contributed by atoms with E-state index in [1.165, 1.54) is 12.1 Å². The summed E-state index contributed by atoms with van der Waals surface area (Å²) in [5.74, 6) is 0.0208. The van der Waals surface area contributed by atoms with E-state index in [0.717, 1.165) is 12.8 Å². The first kappa shape index (κ1) is 18.7. The van der Waals surface area contributed by atoms with Gasteiger partial charge in [0.15, 0.2) is 0 Å². The number of amides is 1. The van der Waals surface area contributed by atoms with E-state index in [0.29, 0.717) is 28.6 Å². The van der Waals surface area contributed by atoms with Crippen LogP contribution in [0.5, 0.6) is 5.75 Å². The molecule has 2 N–H and O–H groups in total. The second-order valence-electron chi connectivity index (χ2n) is 5.95. The van der Waals surface area contributed by atoms with Gasteiger partial charge in [-0.25, -0.2) is 13.1 Å². The number of halogens is 1. The molecule has 2 aromatic carbocycles. The van der Waals surface area contributed by atoms with Gasteiger partial charge in [-0.05, 0) is 62.2 Å². The van der Waals surface area contributed by atoms with Gasteiger partial charge in [-0.3, -0.25) is 4.79 Å². The lowest BCUT2D eigenvalue weighted by atomic mass is 10.2. The number of nitrogens with one attached hydrogen (secondary N) is 2. The molecule has 1 aliphatic rings. The third-order valence-corrected chi connectivity index (χ3v) is 5.59. The minimum atomic E-state index is -3.63. The number of benzene rings is 2. The van der Waals surface area contributed by atoms with Crippen LogP contribution < -0.4 is 14.8 Å². The molecule has 138 valence electrons. The van der Waals surface area contributed by atoms with Crippen LogP contribution in [-0.2, 0) is 10.0 Å². The minimum Gasteiger partial charge on any atom is -0.492 e. The summed E-state index contributed by atoms with van der Waals surface area (Å²) in [7, 11) is -3.63. The number of carbonyl (C=O) groups is 1. The molecule has 26 heavy (non-hydrogen) atoms. The number of rotatable bonds is 7. The second-order valence-corrected chi connectivity index (χ2v) is 8.10. The Hall–Kier alpha value is -2.09. The van der Waals surface area contributed by atoms with Crippen molar-refractivity contribution in [1.29, 1.82) is 0 Å². The zero-order valence-corrected chi connectivity index (χ0v) is 15.7. The monoisotopic (exact) mass is 394 g/mol. The predicted octanol–water partition coefficient (Wildman–Crippen LogP) is 3.43. The number of hydrogen-bond donors (Lipinski definition) is 2. The molecule has 0 aromatic heterocycles. The number of anilines is 1. The van der Waals surface area contributed by atoms with Crippen molar-refractivity contribution < 1.29 is 17.9 Å². The van der Waals surface area contributed by atoms with Crippen LogP contribution in [0.25, 0.3) is 0 Å². The lowest BCUT2D eigenvalue weighted by Crippen LogP contribution is -2.26. The SMILES string of the molecule is CCOc1ccc(S(=O)(=O)NC2CC2)cc1NC(=O)c1ccc(Cl)cc1. The summed E-state index contributed by atoms with van der Waals surface area (Å²) in [4.78, 5) is 12.5. The lowest BCUT2D eigenvalue weighted by Gasteiger charge is -2.14. The Labute approximate surface area is 157 Å². The zero-order chi connectivity index (χ0) is 18.7. The molecule has 0 saturated heterocycles. The van der Waals surface area contributed by atoms with E-state index in [1.54, 1.807) is 30.3 Å². The van der Waals surface area contributed by atoms with E-state index >= 15 is 0 Å². The van der Waals surface area contributed by atoms with Crippen LogP contribution in [0.4, 0.5) is 5.69 Å². The van der Waals surface area contributed by atoms with Crippen LogP contribution >= 0.6 is 11.6 Å². The van der Waals surface area contributed by atoms with Crippen molar-refractivity contribution in [2.75, 3.05) is 11.9 Å². The molecule has 6 nitrogen and oxygen atoms in total. The molecule has 0 unspecified atom stereocenters. The molecule has 0 heterocycles. The summed E-state index contributed by atoms with van der Waals surface area (Å²) in [5, 5.41) is 3.24. The average molecular weight is 395 g/mol. The van der Waals surface area contributed by atoms with E-state index < -0.39 is 10.0 Å². The molecule has 0 aliphatic heterocycles. The van der Waals surface area contributed by atoms with Crippen LogP contribution in [0.15, 0.2) is 47.4 Å². The van der Waals surface area contributed by atoms with Gasteiger partial charge in [0.25, 0.3) is 5.91 Å². The quantitative estimate of drug-likeness (QED) is 0.753. The third-order valence-electron chi connectivity index (χ3n) is 3.81. The van der Waals surface area contributed by atoms with Gasteiger partial charge in [0.1, 0.15) is 5.75 Å². The summed E-state index contributed by atoms with van der Waals surface area (Å²) in [6.45, 7) is 2.19. The van der Waals surface area contributed by atoms with E-state index in [9.17, 15) is 13.2 Å². The van der Waals surface area contributed by atoms with Crippen LogP contribution in [0.3, 0.4) is 0 Å². The standard InChI is InChI=1S/C18H19ClN2O4S/c1-2-25-17-10-9-15(26(23,24)21-14-7-8-14)11-16(17)20-18(22)12-3-5-13(19)6-4-12/h3-6,9-11,14,21H,2,7-8H2,1H3,(H,20,22). The highest BCUT2D eigenvalue weighted by Gasteiger charge is 2.28. The van der Waals surface area contributed by atoms with Gasteiger partial charge in [-0.15, -0.1) is 0 Å². The second kappa shape index (κ2) is 7.65. The van der Waals surface area contributed by atoms with Gasteiger partial charge in [0, 0.05) is 16.6 Å². The maximum Gasteiger partial charge on any atom is 0.255 e. The molecule has 0 bridgehead atoms. The van der Waals surface area contributed by atoms with Gasteiger partial charge in [0.05, 0.1) is 17.2 Å². The van der Waals surface area contributed by atoms with E-state index in [2.05, 4.69) is 10.0 Å². The Morgan fingerprint density at radius 1 is 1.19 bits per heavy atom. The Morgan fingerprint density at radius 3 is 2.50 bits per heavy atom.